The Morgan fingerprint density at radius 2 is 1.90 bits per heavy atom. The number of nitrogens with one attached hydrogen (secondary N) is 1. The maximum Gasteiger partial charge on any atom is 0.270 e. The van der Waals surface area contributed by atoms with Crippen molar-refractivity contribution in [3.63, 3.8) is 0 Å². The molecule has 0 radical (unpaired) electrons. The summed E-state index contributed by atoms with van der Waals surface area (Å²) in [5.41, 5.74) is 0.183. The van der Waals surface area contributed by atoms with Crippen molar-refractivity contribution in [3.05, 3.63) is 38.9 Å². The quantitative estimate of drug-likeness (QED) is 0.525. The van der Waals surface area contributed by atoms with Crippen molar-refractivity contribution in [2.45, 2.75) is 44.6 Å². The number of hydrogen-bond acceptors (Lipinski definition) is 3. The molecule has 0 aliphatic heterocycles. The Morgan fingerprint density at radius 1 is 1.25 bits per heavy atom. The van der Waals surface area contributed by atoms with Crippen LogP contribution in [0.4, 0.5) is 5.69 Å². The summed E-state index contributed by atoms with van der Waals surface area (Å²) in [4.78, 5) is 22.3. The largest absolute Gasteiger partial charge is 0.349 e. The first-order valence-electron chi connectivity index (χ1n) is 6.83. The molecule has 1 N–H and O–H groups in total. The predicted molar refractivity (Wildman–Crippen MR) is 77.1 cm³/mol. The highest BCUT2D eigenvalue weighted by atomic mass is 35.5. The number of non-ortho nitro benzene ring substituents is 1. The van der Waals surface area contributed by atoms with E-state index < -0.39 is 4.92 Å². The van der Waals surface area contributed by atoms with Crippen LogP contribution in [0.2, 0.25) is 5.02 Å². The number of nitro groups is 1. The Morgan fingerprint density at radius 3 is 2.45 bits per heavy atom. The highest BCUT2D eigenvalue weighted by Crippen LogP contribution is 2.23. The van der Waals surface area contributed by atoms with Crippen LogP contribution in [0.15, 0.2) is 18.2 Å². The fourth-order valence-electron chi connectivity index (χ4n) is 2.49. The number of amides is 1. The molecule has 1 amide bonds. The number of nitro benzene ring substituents is 1. The van der Waals surface area contributed by atoms with E-state index in [4.69, 9.17) is 11.6 Å². The molecule has 0 spiro atoms. The molecule has 0 heterocycles. The van der Waals surface area contributed by atoms with Gasteiger partial charge in [-0.05, 0) is 18.9 Å². The van der Waals surface area contributed by atoms with Gasteiger partial charge in [-0.3, -0.25) is 14.9 Å². The SMILES string of the molecule is O=C(NC1CCCCCC1)c1ccc([N+](=O)[O-])cc1Cl. The van der Waals surface area contributed by atoms with E-state index in [1.165, 1.54) is 31.0 Å². The van der Waals surface area contributed by atoms with E-state index in [0.29, 0.717) is 5.56 Å². The third-order valence-corrected chi connectivity index (χ3v) is 3.91. The van der Waals surface area contributed by atoms with Crippen LogP contribution in [0, 0.1) is 10.1 Å². The lowest BCUT2D eigenvalue weighted by Gasteiger charge is -2.16. The molecule has 20 heavy (non-hydrogen) atoms. The highest BCUT2D eigenvalue weighted by molar-refractivity contribution is 6.34. The summed E-state index contributed by atoms with van der Waals surface area (Å²) >= 11 is 5.95. The smallest absolute Gasteiger partial charge is 0.270 e. The van der Waals surface area contributed by atoms with E-state index in [-0.39, 0.29) is 22.7 Å². The van der Waals surface area contributed by atoms with Gasteiger partial charge in [-0.1, -0.05) is 37.3 Å². The van der Waals surface area contributed by atoms with Crippen molar-refractivity contribution in [2.75, 3.05) is 0 Å². The van der Waals surface area contributed by atoms with Crippen molar-refractivity contribution in [1.29, 1.82) is 0 Å². The van der Waals surface area contributed by atoms with Crippen molar-refractivity contribution < 1.29 is 9.72 Å². The average Bonchev–Trinajstić information content (AvgIpc) is 2.67. The van der Waals surface area contributed by atoms with E-state index in [1.807, 2.05) is 0 Å². The second-order valence-electron chi connectivity index (χ2n) is 5.08. The number of carbonyl (C=O) groups excluding carboxylic acids is 1. The normalized spacial score (nSPS) is 16.4. The zero-order valence-electron chi connectivity index (χ0n) is 11.1. The zero-order chi connectivity index (χ0) is 14.5. The summed E-state index contributed by atoms with van der Waals surface area (Å²) in [6.07, 6.45) is 6.64. The topological polar surface area (TPSA) is 72.2 Å². The van der Waals surface area contributed by atoms with E-state index >= 15 is 0 Å². The molecule has 1 aliphatic rings. The lowest BCUT2D eigenvalue weighted by Crippen LogP contribution is -2.34. The highest BCUT2D eigenvalue weighted by Gasteiger charge is 2.19. The number of hydrogen-bond donors (Lipinski definition) is 1. The van der Waals surface area contributed by atoms with Gasteiger partial charge in [0.2, 0.25) is 0 Å². The average molecular weight is 297 g/mol. The molecule has 6 heteroatoms. The van der Waals surface area contributed by atoms with Crippen LogP contribution < -0.4 is 5.32 Å². The summed E-state index contributed by atoms with van der Waals surface area (Å²) in [5.74, 6) is -0.253. The molecule has 0 aromatic heterocycles. The summed E-state index contributed by atoms with van der Waals surface area (Å²) in [6, 6.07) is 4.10. The van der Waals surface area contributed by atoms with Crippen molar-refractivity contribution in [3.8, 4) is 0 Å². The van der Waals surface area contributed by atoms with Crippen molar-refractivity contribution in [1.82, 2.24) is 5.32 Å². The Kier molecular flexibility index (Phi) is 4.95. The maximum atomic E-state index is 12.2. The minimum absolute atomic E-state index is 0.110. The fourth-order valence-corrected chi connectivity index (χ4v) is 2.75. The van der Waals surface area contributed by atoms with E-state index in [1.54, 1.807) is 0 Å². The molecule has 1 aromatic rings. The van der Waals surface area contributed by atoms with Crippen LogP contribution in [0.1, 0.15) is 48.9 Å². The van der Waals surface area contributed by atoms with Crippen LogP contribution in [-0.2, 0) is 0 Å². The molecule has 1 fully saturated rings. The summed E-state index contributed by atoms with van der Waals surface area (Å²) in [6.45, 7) is 0. The van der Waals surface area contributed by atoms with Gasteiger partial charge in [0.1, 0.15) is 0 Å². The molecule has 0 unspecified atom stereocenters. The van der Waals surface area contributed by atoms with Gasteiger partial charge in [-0.15, -0.1) is 0 Å². The molecule has 108 valence electrons. The molecular weight excluding hydrogens is 280 g/mol. The van der Waals surface area contributed by atoms with Gasteiger partial charge in [0.15, 0.2) is 0 Å². The molecule has 0 atom stereocenters. The third kappa shape index (κ3) is 3.70. The fraction of sp³-hybridized carbons (Fsp3) is 0.500. The molecule has 5 nitrogen and oxygen atoms in total. The Hall–Kier alpha value is -1.62. The minimum Gasteiger partial charge on any atom is -0.349 e. The molecule has 0 bridgehead atoms. The number of halogens is 1. The number of benzene rings is 1. The first-order chi connectivity index (χ1) is 9.58. The van der Waals surface area contributed by atoms with Crippen LogP contribution in [0.5, 0.6) is 0 Å². The van der Waals surface area contributed by atoms with E-state index in [9.17, 15) is 14.9 Å². The lowest BCUT2D eigenvalue weighted by atomic mass is 10.1. The number of carbonyl (C=O) groups is 1. The predicted octanol–water partition coefficient (Wildman–Crippen LogP) is 3.70. The zero-order valence-corrected chi connectivity index (χ0v) is 11.9. The monoisotopic (exact) mass is 296 g/mol. The first-order valence-corrected chi connectivity index (χ1v) is 7.20. The summed E-state index contributed by atoms with van der Waals surface area (Å²) < 4.78 is 0. The van der Waals surface area contributed by atoms with Gasteiger partial charge in [0.05, 0.1) is 15.5 Å². The van der Waals surface area contributed by atoms with Gasteiger partial charge >= 0.3 is 0 Å². The summed E-state index contributed by atoms with van der Waals surface area (Å²) in [7, 11) is 0. The molecule has 1 aliphatic carbocycles. The van der Waals surface area contributed by atoms with Crippen molar-refractivity contribution >= 4 is 23.2 Å². The second kappa shape index (κ2) is 6.70. The van der Waals surface area contributed by atoms with Gasteiger partial charge in [0.25, 0.3) is 11.6 Å². The molecule has 1 aromatic carbocycles. The molecule has 1 saturated carbocycles. The lowest BCUT2D eigenvalue weighted by molar-refractivity contribution is -0.384. The van der Waals surface area contributed by atoms with E-state index in [0.717, 1.165) is 25.7 Å². The van der Waals surface area contributed by atoms with Gasteiger partial charge in [-0.25, -0.2) is 0 Å². The second-order valence-corrected chi connectivity index (χ2v) is 5.49. The molecule has 0 saturated heterocycles. The maximum absolute atomic E-state index is 12.2. The van der Waals surface area contributed by atoms with E-state index in [2.05, 4.69) is 5.32 Å². The minimum atomic E-state index is -0.529. The molecular formula is C14H17ClN2O3. The Balaban J connectivity index is 2.06. The van der Waals surface area contributed by atoms with Gasteiger partial charge in [0, 0.05) is 18.2 Å². The number of nitrogens with zero attached hydrogens (tertiary/aromatic N) is 1. The standard InChI is InChI=1S/C14H17ClN2O3/c15-13-9-11(17(19)20)7-8-12(13)14(18)16-10-5-3-1-2-4-6-10/h7-10H,1-6H2,(H,16,18). The third-order valence-electron chi connectivity index (χ3n) is 3.60. The number of rotatable bonds is 3. The van der Waals surface area contributed by atoms with Gasteiger partial charge < -0.3 is 5.32 Å². The van der Waals surface area contributed by atoms with Crippen LogP contribution in [0.3, 0.4) is 0 Å². The van der Waals surface area contributed by atoms with Crippen molar-refractivity contribution in [2.24, 2.45) is 0 Å². The summed E-state index contributed by atoms with van der Waals surface area (Å²) in [5, 5.41) is 13.7. The van der Waals surface area contributed by atoms with Gasteiger partial charge in [-0.2, -0.15) is 0 Å². The van der Waals surface area contributed by atoms with Crippen LogP contribution in [0.25, 0.3) is 0 Å². The Labute approximate surface area is 122 Å². The van der Waals surface area contributed by atoms with Crippen LogP contribution in [-0.4, -0.2) is 16.9 Å². The molecule has 2 rings (SSSR count). The Bertz CT molecular complexity index is 511. The first kappa shape index (κ1) is 14.8. The van der Waals surface area contributed by atoms with Crippen LogP contribution >= 0.6 is 11.6 Å².